The van der Waals surface area contributed by atoms with E-state index in [1.165, 1.54) is 12.2 Å². The normalized spacial score (nSPS) is 15.6. The summed E-state index contributed by atoms with van der Waals surface area (Å²) in [6.45, 7) is 5.53. The van der Waals surface area contributed by atoms with Crippen LogP contribution < -0.4 is 26.6 Å². The third-order valence-corrected chi connectivity index (χ3v) is 5.93. The Hall–Kier alpha value is -4.02. The lowest BCUT2D eigenvalue weighted by Crippen LogP contribution is -2.46. The zero-order chi connectivity index (χ0) is 29.1. The molecule has 1 aromatic rings. The number of rotatable bonds is 14. The molecule has 0 saturated carbocycles. The molecule has 6 amide bonds. The van der Waals surface area contributed by atoms with Crippen molar-refractivity contribution >= 4 is 41.1 Å². The summed E-state index contributed by atoms with van der Waals surface area (Å²) >= 11 is 0. The Bertz CT molecular complexity index is 1090. The first-order valence-corrected chi connectivity index (χ1v) is 12.5. The fourth-order valence-corrected chi connectivity index (χ4v) is 4.06. The Balaban J connectivity index is 2.02. The molecule has 0 spiro atoms. The van der Waals surface area contributed by atoms with Crippen LogP contribution in [0.5, 0.6) is 0 Å². The van der Waals surface area contributed by atoms with Crippen LogP contribution in [0.3, 0.4) is 0 Å². The summed E-state index contributed by atoms with van der Waals surface area (Å²) in [5, 5.41) is 7.96. The van der Waals surface area contributed by atoms with Crippen LogP contribution in [0.2, 0.25) is 0 Å². The van der Waals surface area contributed by atoms with E-state index in [2.05, 4.69) is 16.0 Å². The van der Waals surface area contributed by atoms with Gasteiger partial charge in [0, 0.05) is 38.4 Å². The summed E-state index contributed by atoms with van der Waals surface area (Å²) in [4.78, 5) is 74.5. The molecule has 3 atom stereocenters. The average Bonchev–Trinajstić information content (AvgIpc) is 3.21. The molecule has 5 N–H and O–H groups in total. The van der Waals surface area contributed by atoms with Gasteiger partial charge in [0.15, 0.2) is 5.78 Å². The second-order valence-corrected chi connectivity index (χ2v) is 9.69. The quantitative estimate of drug-likeness (QED) is 0.210. The molecule has 1 unspecified atom stereocenters. The fraction of sp³-hybridized carbons (Fsp3) is 0.481. The van der Waals surface area contributed by atoms with Gasteiger partial charge in [-0.2, -0.15) is 0 Å². The highest BCUT2D eigenvalue weighted by Crippen LogP contribution is 2.20. The molecule has 0 fully saturated rings. The van der Waals surface area contributed by atoms with E-state index in [-0.39, 0.29) is 55.8 Å². The van der Waals surface area contributed by atoms with Crippen molar-refractivity contribution in [2.45, 2.75) is 65.4 Å². The minimum absolute atomic E-state index is 0.0111. The molecule has 11 nitrogen and oxygen atoms in total. The van der Waals surface area contributed by atoms with Gasteiger partial charge in [-0.05, 0) is 50.3 Å². The Kier molecular flexibility index (Phi) is 10.6. The second-order valence-electron chi connectivity index (χ2n) is 9.69. The van der Waals surface area contributed by atoms with Crippen molar-refractivity contribution in [1.29, 1.82) is 0 Å². The van der Waals surface area contributed by atoms with Crippen LogP contribution >= 0.6 is 0 Å². The molecule has 11 heteroatoms. The number of urea groups is 1. The number of benzene rings is 1. The standard InChI is InChI=1S/C27H37N5O6/c1-16(2)25(21(33)15-19(26(37)30-17(3)4)6-5-13-29-27(28)38)31-22(34)14-18-7-9-20(10-8-18)32-23(35)11-12-24(32)36/h7-12,16-17,19,25H,5-6,13-15H2,1-4H3,(H,30,37)(H,31,34)(H3,28,29,38)/t19?,25-/m0/s1/i3D/t17-,19?,25+/m1. The SMILES string of the molecule is [2H]C[C@H](C)NC(=O)C(CCCNC(N)=O)CC(=O)[C@@H](NC(=O)Cc1ccc(N2C(=O)C=CC2=O)cc1)C(C)C. The lowest BCUT2D eigenvalue weighted by molar-refractivity contribution is -0.132. The van der Waals surface area contributed by atoms with Crippen LogP contribution in [0.1, 0.15) is 53.9 Å². The lowest BCUT2D eigenvalue weighted by atomic mass is 9.89. The van der Waals surface area contributed by atoms with Crippen LogP contribution in [0, 0.1) is 11.8 Å². The number of Topliss-reactive ketones (excluding diaryl/α,β-unsaturated/α-hetero) is 1. The fourth-order valence-electron chi connectivity index (χ4n) is 4.06. The van der Waals surface area contributed by atoms with Gasteiger partial charge in [0.25, 0.3) is 11.8 Å². The van der Waals surface area contributed by atoms with E-state index >= 15 is 0 Å². The average molecular weight is 529 g/mol. The number of ketones is 1. The van der Waals surface area contributed by atoms with Crippen molar-refractivity contribution in [3.63, 3.8) is 0 Å². The summed E-state index contributed by atoms with van der Waals surface area (Å²) in [7, 11) is 0. The van der Waals surface area contributed by atoms with Gasteiger partial charge in [-0.3, -0.25) is 24.0 Å². The molecule has 0 bridgehead atoms. The summed E-state index contributed by atoms with van der Waals surface area (Å²) in [6.07, 6.45) is 2.97. The monoisotopic (exact) mass is 528 g/mol. The number of primary amides is 1. The highest BCUT2D eigenvalue weighted by atomic mass is 16.2. The predicted molar refractivity (Wildman–Crippen MR) is 142 cm³/mol. The van der Waals surface area contributed by atoms with Gasteiger partial charge in [0.05, 0.1) is 18.2 Å². The number of amides is 6. The lowest BCUT2D eigenvalue weighted by Gasteiger charge is -2.24. The van der Waals surface area contributed by atoms with E-state index in [9.17, 15) is 28.8 Å². The van der Waals surface area contributed by atoms with Gasteiger partial charge in [0.1, 0.15) is 0 Å². The third-order valence-electron chi connectivity index (χ3n) is 5.93. The van der Waals surface area contributed by atoms with Crippen molar-refractivity contribution in [3.8, 4) is 0 Å². The van der Waals surface area contributed by atoms with E-state index in [0.29, 0.717) is 24.1 Å². The zero-order valence-electron chi connectivity index (χ0n) is 23.0. The molecule has 2 rings (SSSR count). The minimum Gasteiger partial charge on any atom is -0.354 e. The molecule has 1 aromatic carbocycles. The van der Waals surface area contributed by atoms with E-state index in [1.807, 2.05) is 0 Å². The second kappa shape index (κ2) is 14.1. The largest absolute Gasteiger partial charge is 0.354 e. The van der Waals surface area contributed by atoms with Crippen LogP contribution in [0.25, 0.3) is 0 Å². The van der Waals surface area contributed by atoms with Crippen LogP contribution in [-0.2, 0) is 30.4 Å². The number of carbonyl (C=O) groups excluding carboxylic acids is 6. The highest BCUT2D eigenvalue weighted by Gasteiger charge is 2.30. The first kappa shape index (κ1) is 28.5. The molecule has 1 aliphatic heterocycles. The summed E-state index contributed by atoms with van der Waals surface area (Å²) in [5.74, 6) is -2.86. The van der Waals surface area contributed by atoms with Gasteiger partial charge in [-0.15, -0.1) is 0 Å². The minimum atomic E-state index is -0.824. The number of nitrogens with zero attached hydrogens (tertiary/aromatic N) is 1. The van der Waals surface area contributed by atoms with Crippen LogP contribution in [0.4, 0.5) is 10.5 Å². The maximum Gasteiger partial charge on any atom is 0.312 e. The first-order chi connectivity index (χ1) is 18.4. The third kappa shape index (κ3) is 9.13. The summed E-state index contributed by atoms with van der Waals surface area (Å²) in [6, 6.07) is 4.53. The molecule has 0 saturated heterocycles. The van der Waals surface area contributed by atoms with E-state index in [4.69, 9.17) is 7.10 Å². The van der Waals surface area contributed by atoms with Crippen LogP contribution in [-0.4, -0.2) is 54.1 Å². The molecule has 0 aliphatic carbocycles. The summed E-state index contributed by atoms with van der Waals surface area (Å²) < 4.78 is 7.44. The van der Waals surface area contributed by atoms with Crippen molar-refractivity contribution in [2.24, 2.45) is 17.6 Å². The number of hydrogen-bond donors (Lipinski definition) is 4. The Morgan fingerprint density at radius 1 is 1.00 bits per heavy atom. The van der Waals surface area contributed by atoms with Gasteiger partial charge in [0.2, 0.25) is 11.8 Å². The molecular formula is C27H37N5O6. The molecule has 38 heavy (non-hydrogen) atoms. The van der Waals surface area contributed by atoms with Crippen molar-refractivity contribution in [2.75, 3.05) is 11.4 Å². The number of carbonyl (C=O) groups is 6. The Morgan fingerprint density at radius 3 is 2.18 bits per heavy atom. The molecule has 0 radical (unpaired) electrons. The molecule has 1 heterocycles. The van der Waals surface area contributed by atoms with E-state index in [1.54, 1.807) is 45.0 Å². The Labute approximate surface area is 224 Å². The van der Waals surface area contributed by atoms with E-state index in [0.717, 1.165) is 4.90 Å². The van der Waals surface area contributed by atoms with Crippen LogP contribution in [0.15, 0.2) is 36.4 Å². The zero-order valence-corrected chi connectivity index (χ0v) is 22.0. The summed E-state index contributed by atoms with van der Waals surface area (Å²) in [5.41, 5.74) is 6.10. The van der Waals surface area contributed by atoms with E-state index < -0.39 is 29.8 Å². The number of nitrogens with one attached hydrogen (secondary N) is 3. The number of imide groups is 1. The van der Waals surface area contributed by atoms with Crippen molar-refractivity contribution in [1.82, 2.24) is 16.0 Å². The number of nitrogens with two attached hydrogens (primary N) is 1. The molecule has 0 aromatic heterocycles. The predicted octanol–water partition coefficient (Wildman–Crippen LogP) is 1.35. The topological polar surface area (TPSA) is 168 Å². The maximum atomic E-state index is 13.2. The molecule has 1 aliphatic rings. The molecular weight excluding hydrogens is 490 g/mol. The van der Waals surface area contributed by atoms with Gasteiger partial charge < -0.3 is 21.7 Å². The smallest absolute Gasteiger partial charge is 0.312 e. The number of anilines is 1. The number of hydrogen-bond acceptors (Lipinski definition) is 6. The van der Waals surface area contributed by atoms with Crippen molar-refractivity contribution in [3.05, 3.63) is 42.0 Å². The highest BCUT2D eigenvalue weighted by molar-refractivity contribution is 6.28. The van der Waals surface area contributed by atoms with Gasteiger partial charge in [-0.1, -0.05) is 26.0 Å². The molecule has 206 valence electrons. The first-order valence-electron chi connectivity index (χ1n) is 13.2. The Morgan fingerprint density at radius 2 is 1.63 bits per heavy atom. The van der Waals surface area contributed by atoms with Crippen molar-refractivity contribution < 1.29 is 30.1 Å². The van der Waals surface area contributed by atoms with Gasteiger partial charge >= 0.3 is 6.03 Å². The van der Waals surface area contributed by atoms with Gasteiger partial charge in [-0.25, -0.2) is 9.69 Å². The maximum absolute atomic E-state index is 13.2.